The second-order valence-electron chi connectivity index (χ2n) is 5.98. The number of benzene rings is 1. The van der Waals surface area contributed by atoms with Crippen molar-refractivity contribution in [3.8, 4) is 0 Å². The van der Waals surface area contributed by atoms with Gasteiger partial charge in [0.15, 0.2) is 11.8 Å². The molecule has 3 rings (SSSR count). The van der Waals surface area contributed by atoms with Crippen molar-refractivity contribution in [2.24, 2.45) is 0 Å². The average Bonchev–Trinajstić information content (AvgIpc) is 3.10. The minimum Gasteiger partial charge on any atom is -0.321 e. The zero-order valence-corrected chi connectivity index (χ0v) is 15.8. The van der Waals surface area contributed by atoms with Gasteiger partial charge < -0.3 is 5.32 Å². The number of fused-ring (bicyclic) bond motifs is 1. The Bertz CT molecular complexity index is 822. The van der Waals surface area contributed by atoms with Crippen molar-refractivity contribution < 1.29 is 19.0 Å². The number of amides is 4. The predicted molar refractivity (Wildman–Crippen MR) is 103 cm³/mol. The van der Waals surface area contributed by atoms with Gasteiger partial charge >= 0.3 is 11.9 Å². The smallest absolute Gasteiger partial charge is 0.321 e. The van der Waals surface area contributed by atoms with Crippen LogP contribution in [-0.2, 0) is 9.59 Å². The van der Waals surface area contributed by atoms with E-state index in [2.05, 4.69) is 5.32 Å². The summed E-state index contributed by atoms with van der Waals surface area (Å²) in [6, 6.07) is 6.45. The monoisotopic (exact) mass is 392 g/mol. The van der Waals surface area contributed by atoms with Crippen LogP contribution in [0.1, 0.15) is 19.8 Å². The molecule has 8 heteroatoms. The largest absolute Gasteiger partial charge is 0.501 e. The van der Waals surface area contributed by atoms with Crippen molar-refractivity contribution in [2.45, 2.75) is 25.0 Å². The number of nitrogens with zero attached hydrogens (tertiary/aromatic N) is 2. The van der Waals surface area contributed by atoms with Crippen molar-refractivity contribution in [2.75, 3.05) is 18.4 Å². The number of imide groups is 1. The molecule has 2 heterocycles. The molecule has 26 heavy (non-hydrogen) atoms. The van der Waals surface area contributed by atoms with E-state index < -0.39 is 11.3 Å². The van der Waals surface area contributed by atoms with E-state index in [1.54, 1.807) is 35.7 Å². The molecule has 1 aromatic rings. The fraction of sp³-hybridized carbons (Fsp3) is 0.333. The van der Waals surface area contributed by atoms with Gasteiger partial charge in [-0.05, 0) is 30.0 Å². The summed E-state index contributed by atoms with van der Waals surface area (Å²) in [5.74, 6) is -0.580. The fourth-order valence-electron chi connectivity index (χ4n) is 2.83. The number of carbonyl (C=O) groups is 3. The standard InChI is InChI=1S/C18H18ClN3O3S/c1-2-3-9-21-17(24)16-14(8-10-26-16)22(18(21)25)11-15(23)20-13-7-5-4-6-12(13)19/h4-8,10,16H,2-3,9,11H2,1H3/p+1. The lowest BCUT2D eigenvalue weighted by Crippen LogP contribution is -2.56. The minimum absolute atomic E-state index is 0.170. The van der Waals surface area contributed by atoms with Gasteiger partial charge in [0.1, 0.15) is 5.71 Å². The Balaban J connectivity index is 1.82. The molecule has 1 atom stereocenters. The fourth-order valence-corrected chi connectivity index (χ4v) is 3.98. The normalized spacial score (nSPS) is 19.2. The molecule has 4 amide bonds. The molecule has 0 aliphatic carbocycles. The van der Waals surface area contributed by atoms with Gasteiger partial charge in [0.25, 0.3) is 5.91 Å². The lowest BCUT2D eigenvalue weighted by molar-refractivity contribution is -0.425. The minimum atomic E-state index is -0.460. The summed E-state index contributed by atoms with van der Waals surface area (Å²) in [6.07, 6.45) is 3.33. The van der Waals surface area contributed by atoms with E-state index in [1.165, 1.54) is 21.2 Å². The van der Waals surface area contributed by atoms with Crippen molar-refractivity contribution in [3.63, 3.8) is 0 Å². The van der Waals surface area contributed by atoms with Crippen molar-refractivity contribution in [1.82, 2.24) is 4.90 Å². The number of para-hydroxylation sites is 1. The number of anilines is 1. The Labute approximate surface area is 160 Å². The molecule has 136 valence electrons. The number of allylic oxidation sites excluding steroid dienone is 1. The topological polar surface area (TPSA) is 69.5 Å². The van der Waals surface area contributed by atoms with Gasteiger partial charge in [-0.2, -0.15) is 14.3 Å². The molecular weight excluding hydrogens is 374 g/mol. The molecule has 0 spiro atoms. The van der Waals surface area contributed by atoms with Crippen LogP contribution < -0.4 is 5.32 Å². The summed E-state index contributed by atoms with van der Waals surface area (Å²) in [5, 5.41) is 4.46. The van der Waals surface area contributed by atoms with Gasteiger partial charge in [-0.1, -0.05) is 37.1 Å². The van der Waals surface area contributed by atoms with E-state index in [0.29, 0.717) is 23.0 Å². The van der Waals surface area contributed by atoms with Crippen LogP contribution in [0.3, 0.4) is 0 Å². The molecular formula is C18H19ClN3O3S+. The van der Waals surface area contributed by atoms with E-state index in [9.17, 15) is 14.4 Å². The molecule has 2 aliphatic rings. The number of urea groups is 1. The van der Waals surface area contributed by atoms with E-state index >= 15 is 0 Å². The van der Waals surface area contributed by atoms with Crippen LogP contribution in [0.4, 0.5) is 10.5 Å². The third-order valence-electron chi connectivity index (χ3n) is 4.17. The Kier molecular flexibility index (Phi) is 5.78. The maximum absolute atomic E-state index is 12.8. The summed E-state index contributed by atoms with van der Waals surface area (Å²) < 4.78 is 1.38. The quantitative estimate of drug-likeness (QED) is 0.755. The highest BCUT2D eigenvalue weighted by molar-refractivity contribution is 8.04. The van der Waals surface area contributed by atoms with Gasteiger partial charge in [0.2, 0.25) is 0 Å². The molecule has 0 saturated heterocycles. The number of unbranched alkanes of at least 4 members (excludes halogenated alkanes) is 1. The van der Waals surface area contributed by atoms with Crippen LogP contribution in [0.15, 0.2) is 35.7 Å². The Morgan fingerprint density at radius 2 is 2.12 bits per heavy atom. The Morgan fingerprint density at radius 3 is 2.85 bits per heavy atom. The van der Waals surface area contributed by atoms with Gasteiger partial charge in [-0.25, -0.2) is 4.79 Å². The molecule has 0 fully saturated rings. The number of thioether (sulfide) groups is 1. The maximum Gasteiger partial charge on any atom is 0.501 e. The zero-order valence-electron chi connectivity index (χ0n) is 14.3. The van der Waals surface area contributed by atoms with Crippen molar-refractivity contribution in [1.29, 1.82) is 0 Å². The number of rotatable bonds is 6. The molecule has 0 aromatic heterocycles. The summed E-state index contributed by atoms with van der Waals surface area (Å²) >= 11 is 7.42. The lowest BCUT2D eigenvalue weighted by atomic mass is 10.1. The Hall–Kier alpha value is -2.12. The predicted octanol–water partition coefficient (Wildman–Crippen LogP) is 3.12. The summed E-state index contributed by atoms with van der Waals surface area (Å²) in [6.45, 7) is 2.19. The SMILES string of the molecule is CCCCN1C(=O)C2SC=CC2=[N+](CC(=O)Nc2ccccc2Cl)C1=O. The number of carbonyl (C=O) groups excluding carboxylic acids is 3. The third kappa shape index (κ3) is 3.68. The molecule has 2 aliphatic heterocycles. The first kappa shape index (κ1) is 18.7. The first-order valence-electron chi connectivity index (χ1n) is 8.39. The summed E-state index contributed by atoms with van der Waals surface area (Å²) in [4.78, 5) is 39.1. The highest BCUT2D eigenvalue weighted by Gasteiger charge is 2.49. The highest BCUT2D eigenvalue weighted by Crippen LogP contribution is 2.28. The molecule has 1 N–H and O–H groups in total. The molecule has 1 unspecified atom stereocenters. The highest BCUT2D eigenvalue weighted by atomic mass is 35.5. The van der Waals surface area contributed by atoms with E-state index in [-0.39, 0.29) is 18.4 Å². The third-order valence-corrected chi connectivity index (χ3v) is 5.51. The van der Waals surface area contributed by atoms with Crippen LogP contribution in [-0.4, -0.2) is 51.4 Å². The van der Waals surface area contributed by atoms with Crippen LogP contribution in [0.5, 0.6) is 0 Å². The number of hydrogen-bond donors (Lipinski definition) is 1. The second-order valence-corrected chi connectivity index (χ2v) is 7.41. The molecule has 1 aromatic carbocycles. The molecule has 6 nitrogen and oxygen atoms in total. The van der Waals surface area contributed by atoms with Gasteiger partial charge in [0, 0.05) is 0 Å². The number of hydrogen-bond acceptors (Lipinski definition) is 4. The second kappa shape index (κ2) is 8.05. The van der Waals surface area contributed by atoms with E-state index in [0.717, 1.165) is 12.8 Å². The van der Waals surface area contributed by atoms with Crippen LogP contribution >= 0.6 is 23.4 Å². The van der Waals surface area contributed by atoms with Gasteiger partial charge in [0.05, 0.1) is 17.3 Å². The van der Waals surface area contributed by atoms with Gasteiger partial charge in [-0.3, -0.25) is 4.79 Å². The summed E-state index contributed by atoms with van der Waals surface area (Å²) in [7, 11) is 0. The maximum atomic E-state index is 12.8. The summed E-state index contributed by atoms with van der Waals surface area (Å²) in [5.41, 5.74) is 1.05. The molecule has 0 bridgehead atoms. The molecule has 0 radical (unpaired) electrons. The Morgan fingerprint density at radius 1 is 1.35 bits per heavy atom. The van der Waals surface area contributed by atoms with Gasteiger partial charge in [-0.15, -0.1) is 11.8 Å². The van der Waals surface area contributed by atoms with Crippen molar-refractivity contribution >= 4 is 52.6 Å². The van der Waals surface area contributed by atoms with E-state index in [4.69, 9.17) is 11.6 Å². The zero-order chi connectivity index (χ0) is 18.7. The van der Waals surface area contributed by atoms with Crippen LogP contribution in [0, 0.1) is 0 Å². The first-order chi connectivity index (χ1) is 12.5. The van der Waals surface area contributed by atoms with E-state index in [1.807, 2.05) is 6.92 Å². The van der Waals surface area contributed by atoms with Crippen LogP contribution in [0.2, 0.25) is 5.02 Å². The number of nitrogens with one attached hydrogen (secondary N) is 1. The average molecular weight is 393 g/mol. The lowest BCUT2D eigenvalue weighted by Gasteiger charge is -2.24. The first-order valence-corrected chi connectivity index (χ1v) is 9.71. The van der Waals surface area contributed by atoms with Crippen LogP contribution in [0.25, 0.3) is 0 Å². The number of halogens is 1. The van der Waals surface area contributed by atoms with Crippen molar-refractivity contribution in [3.05, 3.63) is 40.8 Å². The molecule has 0 saturated carbocycles.